The first-order valence-corrected chi connectivity index (χ1v) is 6.82. The van der Waals surface area contributed by atoms with Gasteiger partial charge in [0.1, 0.15) is 5.94 Å². The second-order valence-electron chi connectivity index (χ2n) is 3.85. The van der Waals surface area contributed by atoms with Crippen LogP contribution in [-0.2, 0) is 9.84 Å². The van der Waals surface area contributed by atoms with E-state index in [0.29, 0.717) is 11.4 Å². The zero-order valence-electron chi connectivity index (χ0n) is 9.62. The number of nitrogens with one attached hydrogen (secondary N) is 1. The van der Waals surface area contributed by atoms with E-state index in [0.717, 1.165) is 0 Å². The smallest absolute Gasteiger partial charge is 0.271 e. The lowest BCUT2D eigenvalue weighted by Gasteiger charge is -2.04. The lowest BCUT2D eigenvalue weighted by molar-refractivity contribution is 0.358. The molecule has 2 N–H and O–H groups in total. The second-order valence-corrected chi connectivity index (χ2v) is 5.81. The van der Waals surface area contributed by atoms with Gasteiger partial charge in [0.15, 0.2) is 0 Å². The number of rotatable bonds is 3. The Balaban J connectivity index is 2.46. The number of aliphatic hydroxyl groups excluding tert-OH is 1. The molecule has 0 unspecified atom stereocenters. The molecule has 0 aliphatic heterocycles. The van der Waals surface area contributed by atoms with Gasteiger partial charge in [-0.05, 0) is 31.2 Å². The van der Waals surface area contributed by atoms with Crippen molar-refractivity contribution in [2.75, 3.05) is 5.94 Å². The van der Waals surface area contributed by atoms with Gasteiger partial charge >= 0.3 is 0 Å². The van der Waals surface area contributed by atoms with Crippen molar-refractivity contribution in [1.29, 1.82) is 0 Å². The summed E-state index contributed by atoms with van der Waals surface area (Å²) >= 11 is 0. The molecule has 7 heteroatoms. The maximum absolute atomic E-state index is 11.6. The zero-order chi connectivity index (χ0) is 13.3. The SMILES string of the molecule is Cc1cc(=O)n(-c2ccc(S(=O)(=O)CO)cc2)[nH]1. The third-order valence-corrected chi connectivity index (χ3v) is 3.80. The molecule has 0 spiro atoms. The lowest BCUT2D eigenvalue weighted by atomic mass is 10.3. The van der Waals surface area contributed by atoms with Gasteiger partial charge in [0.2, 0.25) is 9.84 Å². The quantitative estimate of drug-likeness (QED) is 0.831. The largest absolute Gasteiger partial charge is 0.380 e. The van der Waals surface area contributed by atoms with Gasteiger partial charge in [-0.3, -0.25) is 9.89 Å². The van der Waals surface area contributed by atoms with Gasteiger partial charge in [0.25, 0.3) is 5.56 Å². The third kappa shape index (κ3) is 2.22. The second kappa shape index (κ2) is 4.43. The monoisotopic (exact) mass is 268 g/mol. The van der Waals surface area contributed by atoms with E-state index in [-0.39, 0.29) is 10.5 Å². The summed E-state index contributed by atoms with van der Waals surface area (Å²) in [6, 6.07) is 7.14. The fourth-order valence-corrected chi connectivity index (χ4v) is 2.28. The van der Waals surface area contributed by atoms with E-state index in [4.69, 9.17) is 5.11 Å². The van der Waals surface area contributed by atoms with Crippen molar-refractivity contribution in [1.82, 2.24) is 9.78 Å². The first-order chi connectivity index (χ1) is 8.44. The zero-order valence-corrected chi connectivity index (χ0v) is 10.4. The lowest BCUT2D eigenvalue weighted by Crippen LogP contribution is -2.13. The number of aromatic nitrogens is 2. The average molecular weight is 268 g/mol. The minimum absolute atomic E-state index is 0.0186. The summed E-state index contributed by atoms with van der Waals surface area (Å²) in [6.07, 6.45) is 0. The minimum atomic E-state index is -3.64. The Morgan fingerprint density at radius 2 is 1.89 bits per heavy atom. The van der Waals surface area contributed by atoms with Crippen LogP contribution in [0.1, 0.15) is 5.69 Å². The molecule has 18 heavy (non-hydrogen) atoms. The highest BCUT2D eigenvalue weighted by atomic mass is 32.2. The summed E-state index contributed by atoms with van der Waals surface area (Å²) in [5.41, 5.74) is 1.03. The molecule has 0 saturated heterocycles. The molecule has 1 heterocycles. The number of benzene rings is 1. The number of sulfone groups is 1. The number of hydrogen-bond donors (Lipinski definition) is 2. The molecule has 0 atom stereocenters. The summed E-state index contributed by atoms with van der Waals surface area (Å²) in [4.78, 5) is 11.6. The summed E-state index contributed by atoms with van der Waals surface area (Å²) < 4.78 is 24.1. The molecule has 2 aromatic rings. The van der Waals surface area contributed by atoms with Crippen LogP contribution in [0.25, 0.3) is 5.69 Å². The molecular weight excluding hydrogens is 256 g/mol. The molecular formula is C11H12N2O4S. The Bertz CT molecular complexity index is 710. The highest BCUT2D eigenvalue weighted by Gasteiger charge is 2.12. The van der Waals surface area contributed by atoms with Gasteiger partial charge < -0.3 is 5.11 Å². The van der Waals surface area contributed by atoms with Crippen LogP contribution < -0.4 is 5.56 Å². The molecule has 0 bridgehead atoms. The summed E-state index contributed by atoms with van der Waals surface area (Å²) in [6.45, 7) is 1.75. The fourth-order valence-electron chi connectivity index (χ4n) is 1.58. The molecule has 0 amide bonds. The van der Waals surface area contributed by atoms with Crippen LogP contribution in [0.15, 0.2) is 40.0 Å². The Hall–Kier alpha value is -1.86. The Morgan fingerprint density at radius 1 is 1.28 bits per heavy atom. The van der Waals surface area contributed by atoms with Crippen LogP contribution in [0.3, 0.4) is 0 Å². The molecule has 96 valence electrons. The van der Waals surface area contributed by atoms with Gasteiger partial charge in [0.05, 0.1) is 10.6 Å². The summed E-state index contributed by atoms with van der Waals surface area (Å²) in [5.74, 6) is -0.937. The first-order valence-electron chi connectivity index (χ1n) is 5.17. The number of hydrogen-bond acceptors (Lipinski definition) is 4. The molecule has 1 aromatic carbocycles. The van der Waals surface area contributed by atoms with Crippen molar-refractivity contribution >= 4 is 9.84 Å². The Kier molecular flexibility index (Phi) is 3.10. The summed E-state index contributed by atoms with van der Waals surface area (Å²) in [5, 5.41) is 11.6. The van der Waals surface area contributed by atoms with E-state index in [1.165, 1.54) is 35.0 Å². The van der Waals surface area contributed by atoms with E-state index >= 15 is 0 Å². The molecule has 1 aromatic heterocycles. The standard InChI is InChI=1S/C11H12N2O4S/c1-8-6-11(15)13(12-8)9-2-4-10(5-3-9)18(16,17)7-14/h2-6,12,14H,7H2,1H3. The molecule has 6 nitrogen and oxygen atoms in total. The van der Waals surface area contributed by atoms with Crippen LogP contribution in [0.4, 0.5) is 0 Å². The topological polar surface area (TPSA) is 92.2 Å². The predicted octanol–water partition coefficient (Wildman–Crippen LogP) is 0.198. The molecule has 0 saturated carbocycles. The van der Waals surface area contributed by atoms with E-state index in [2.05, 4.69) is 5.10 Å². The van der Waals surface area contributed by atoms with Crippen LogP contribution in [0.5, 0.6) is 0 Å². The Labute approximate surface area is 103 Å². The van der Waals surface area contributed by atoms with Gasteiger partial charge in [0, 0.05) is 11.8 Å². The fraction of sp³-hybridized carbons (Fsp3) is 0.182. The third-order valence-electron chi connectivity index (χ3n) is 2.47. The normalized spacial score (nSPS) is 11.7. The van der Waals surface area contributed by atoms with Crippen LogP contribution in [0.2, 0.25) is 0 Å². The van der Waals surface area contributed by atoms with Gasteiger partial charge in [-0.1, -0.05) is 0 Å². The number of aliphatic hydroxyl groups is 1. The molecule has 0 radical (unpaired) electrons. The van der Waals surface area contributed by atoms with Crippen molar-refractivity contribution in [3.63, 3.8) is 0 Å². The van der Waals surface area contributed by atoms with E-state index < -0.39 is 15.8 Å². The first kappa shape index (κ1) is 12.6. The number of aryl methyl sites for hydroxylation is 1. The molecule has 0 aliphatic rings. The Morgan fingerprint density at radius 3 is 2.33 bits per heavy atom. The molecule has 0 fully saturated rings. The maximum atomic E-state index is 11.6. The van der Waals surface area contributed by atoms with Crippen LogP contribution in [0, 0.1) is 6.92 Å². The number of H-pyrrole nitrogens is 1. The van der Waals surface area contributed by atoms with Crippen molar-refractivity contribution < 1.29 is 13.5 Å². The van der Waals surface area contributed by atoms with Crippen LogP contribution in [-0.4, -0.2) is 29.2 Å². The highest BCUT2D eigenvalue weighted by Crippen LogP contribution is 2.13. The number of nitrogens with zero attached hydrogens (tertiary/aromatic N) is 1. The van der Waals surface area contributed by atoms with Gasteiger partial charge in [-0.2, -0.15) is 0 Å². The average Bonchev–Trinajstić information content (AvgIpc) is 2.69. The predicted molar refractivity (Wildman–Crippen MR) is 65.4 cm³/mol. The van der Waals surface area contributed by atoms with Crippen molar-refractivity contribution in [2.24, 2.45) is 0 Å². The van der Waals surface area contributed by atoms with Crippen LogP contribution >= 0.6 is 0 Å². The molecule has 2 rings (SSSR count). The van der Waals surface area contributed by atoms with E-state index in [9.17, 15) is 13.2 Å². The number of aromatic amines is 1. The van der Waals surface area contributed by atoms with Crippen molar-refractivity contribution in [3.05, 3.63) is 46.4 Å². The molecule has 0 aliphatic carbocycles. The van der Waals surface area contributed by atoms with Gasteiger partial charge in [-0.15, -0.1) is 0 Å². The van der Waals surface area contributed by atoms with E-state index in [1.807, 2.05) is 0 Å². The highest BCUT2D eigenvalue weighted by molar-refractivity contribution is 7.91. The van der Waals surface area contributed by atoms with E-state index in [1.54, 1.807) is 6.92 Å². The summed E-state index contributed by atoms with van der Waals surface area (Å²) in [7, 11) is -3.64. The van der Waals surface area contributed by atoms with Crippen molar-refractivity contribution in [2.45, 2.75) is 11.8 Å². The van der Waals surface area contributed by atoms with Gasteiger partial charge in [-0.25, -0.2) is 13.1 Å². The maximum Gasteiger partial charge on any atom is 0.271 e. The van der Waals surface area contributed by atoms with Crippen molar-refractivity contribution in [3.8, 4) is 5.69 Å². The minimum Gasteiger partial charge on any atom is -0.380 e.